The lowest BCUT2D eigenvalue weighted by molar-refractivity contribution is -0.143. The van der Waals surface area contributed by atoms with Gasteiger partial charge in [0.1, 0.15) is 18.0 Å². The van der Waals surface area contributed by atoms with Crippen LogP contribution in [-0.4, -0.2) is 24.6 Å². The molecule has 0 aromatic carbocycles. The van der Waals surface area contributed by atoms with E-state index in [2.05, 4.69) is 4.74 Å². The number of ketones is 2. The lowest BCUT2D eigenvalue weighted by Crippen LogP contribution is -2.08. The molecule has 0 aromatic rings. The molecule has 4 nitrogen and oxygen atoms in total. The molecule has 0 amide bonds. The molecule has 0 N–H and O–H groups in total. The number of unbranched alkanes of at least 4 members (excludes halogenated alkanes) is 3. The number of rotatable bonds is 9. The zero-order chi connectivity index (χ0) is 12.4. The van der Waals surface area contributed by atoms with E-state index in [1.54, 1.807) is 6.92 Å². The third kappa shape index (κ3) is 9.37. The molecule has 0 aromatic heterocycles. The second-order valence-corrected chi connectivity index (χ2v) is 3.91. The maximum absolute atomic E-state index is 11.2. The topological polar surface area (TPSA) is 60.4 Å². The molecule has 0 saturated carbocycles. The molecule has 0 saturated heterocycles. The van der Waals surface area contributed by atoms with E-state index in [0.29, 0.717) is 12.8 Å². The zero-order valence-electron chi connectivity index (χ0n) is 10.1. The number of hydrogen-bond donors (Lipinski definition) is 0. The van der Waals surface area contributed by atoms with Crippen molar-refractivity contribution in [2.75, 3.05) is 7.11 Å². The number of hydrogen-bond acceptors (Lipinski definition) is 4. The van der Waals surface area contributed by atoms with Gasteiger partial charge in [0.25, 0.3) is 0 Å². The second kappa shape index (κ2) is 9.07. The van der Waals surface area contributed by atoms with Crippen molar-refractivity contribution in [3.63, 3.8) is 0 Å². The molecule has 0 atom stereocenters. The summed E-state index contributed by atoms with van der Waals surface area (Å²) in [5, 5.41) is 0. The summed E-state index contributed by atoms with van der Waals surface area (Å²) in [4.78, 5) is 32.6. The van der Waals surface area contributed by atoms with Crippen molar-refractivity contribution in [2.24, 2.45) is 0 Å². The van der Waals surface area contributed by atoms with Crippen molar-refractivity contribution in [1.29, 1.82) is 0 Å². The zero-order valence-corrected chi connectivity index (χ0v) is 10.1. The first kappa shape index (κ1) is 14.8. The summed E-state index contributed by atoms with van der Waals surface area (Å²) in [6, 6.07) is 0. The molecule has 4 heteroatoms. The lowest BCUT2D eigenvalue weighted by atomic mass is 10.1. The molecule has 0 spiro atoms. The van der Waals surface area contributed by atoms with E-state index in [-0.39, 0.29) is 18.0 Å². The summed E-state index contributed by atoms with van der Waals surface area (Å²) in [6.45, 7) is 1.58. The fraction of sp³-hybridized carbons (Fsp3) is 0.750. The summed E-state index contributed by atoms with van der Waals surface area (Å²) in [5.41, 5.74) is 0. The van der Waals surface area contributed by atoms with E-state index in [1.807, 2.05) is 0 Å². The molecule has 0 rings (SSSR count). The first-order valence-corrected chi connectivity index (χ1v) is 5.64. The predicted octanol–water partition coefficient (Wildman–Crippen LogP) is 2.05. The monoisotopic (exact) mass is 228 g/mol. The van der Waals surface area contributed by atoms with Crippen LogP contribution in [0.2, 0.25) is 0 Å². The molecular formula is C12H20O4. The lowest BCUT2D eigenvalue weighted by Gasteiger charge is -2.00. The average molecular weight is 228 g/mol. The predicted molar refractivity (Wildman–Crippen MR) is 60.0 cm³/mol. The van der Waals surface area contributed by atoms with Gasteiger partial charge in [0.2, 0.25) is 0 Å². The van der Waals surface area contributed by atoms with Crippen molar-refractivity contribution < 1.29 is 19.1 Å². The fourth-order valence-electron chi connectivity index (χ4n) is 1.37. The van der Waals surface area contributed by atoms with Gasteiger partial charge >= 0.3 is 5.97 Å². The highest BCUT2D eigenvalue weighted by Crippen LogP contribution is 2.07. The van der Waals surface area contributed by atoms with E-state index in [0.717, 1.165) is 25.7 Å². The fourth-order valence-corrected chi connectivity index (χ4v) is 1.37. The molecule has 0 unspecified atom stereocenters. The highest BCUT2D eigenvalue weighted by atomic mass is 16.5. The van der Waals surface area contributed by atoms with Crippen molar-refractivity contribution in [3.8, 4) is 0 Å². The molecule has 16 heavy (non-hydrogen) atoms. The minimum absolute atomic E-state index is 0.0709. The van der Waals surface area contributed by atoms with Gasteiger partial charge in [0.05, 0.1) is 7.11 Å². The Balaban J connectivity index is 3.34. The van der Waals surface area contributed by atoms with Crippen LogP contribution in [-0.2, 0) is 19.1 Å². The maximum atomic E-state index is 11.2. The summed E-state index contributed by atoms with van der Waals surface area (Å²) in [7, 11) is 1.28. The number of ether oxygens (including phenoxy) is 1. The Morgan fingerprint density at radius 1 is 0.938 bits per heavy atom. The van der Waals surface area contributed by atoms with Crippen LogP contribution in [0.15, 0.2) is 0 Å². The smallest absolute Gasteiger partial charge is 0.313 e. The standard InChI is InChI=1S/C12H20O4/c1-10(13)7-5-3-4-6-8-11(14)9-12(15)16-2/h3-9H2,1-2H3. The van der Waals surface area contributed by atoms with Gasteiger partial charge in [-0.15, -0.1) is 0 Å². The summed E-state index contributed by atoms with van der Waals surface area (Å²) >= 11 is 0. The van der Waals surface area contributed by atoms with Crippen LogP contribution >= 0.6 is 0 Å². The van der Waals surface area contributed by atoms with Crippen LogP contribution in [0.3, 0.4) is 0 Å². The van der Waals surface area contributed by atoms with Crippen LogP contribution < -0.4 is 0 Å². The van der Waals surface area contributed by atoms with E-state index in [4.69, 9.17) is 0 Å². The minimum Gasteiger partial charge on any atom is -0.469 e. The van der Waals surface area contributed by atoms with Gasteiger partial charge in [0.15, 0.2) is 0 Å². The minimum atomic E-state index is -0.471. The molecule has 0 radical (unpaired) electrons. The molecule has 0 aliphatic heterocycles. The van der Waals surface area contributed by atoms with Crippen LogP contribution in [0.1, 0.15) is 51.9 Å². The third-order valence-electron chi connectivity index (χ3n) is 2.30. The molecule has 0 heterocycles. The molecule has 92 valence electrons. The Morgan fingerprint density at radius 3 is 2.00 bits per heavy atom. The van der Waals surface area contributed by atoms with Crippen LogP contribution in [0, 0.1) is 0 Å². The second-order valence-electron chi connectivity index (χ2n) is 3.91. The Morgan fingerprint density at radius 2 is 1.50 bits per heavy atom. The van der Waals surface area contributed by atoms with Gasteiger partial charge in [-0.1, -0.05) is 12.8 Å². The van der Waals surface area contributed by atoms with Gasteiger partial charge in [-0.25, -0.2) is 0 Å². The average Bonchev–Trinajstić information content (AvgIpc) is 2.22. The molecule has 0 fully saturated rings. The van der Waals surface area contributed by atoms with Crippen LogP contribution in [0.25, 0.3) is 0 Å². The Bertz CT molecular complexity index is 245. The van der Waals surface area contributed by atoms with Gasteiger partial charge in [-0.2, -0.15) is 0 Å². The quantitative estimate of drug-likeness (QED) is 0.344. The highest BCUT2D eigenvalue weighted by Gasteiger charge is 2.08. The molecular weight excluding hydrogens is 208 g/mol. The van der Waals surface area contributed by atoms with Crippen molar-refractivity contribution in [3.05, 3.63) is 0 Å². The largest absolute Gasteiger partial charge is 0.469 e. The number of Topliss-reactive ketones (excluding diaryl/α,β-unsaturated/α-hetero) is 2. The number of esters is 1. The Kier molecular flexibility index (Phi) is 8.39. The highest BCUT2D eigenvalue weighted by molar-refractivity contribution is 5.95. The van der Waals surface area contributed by atoms with Gasteiger partial charge in [-0.05, 0) is 19.8 Å². The number of carbonyl (C=O) groups is 3. The normalized spacial score (nSPS) is 9.88. The van der Waals surface area contributed by atoms with Gasteiger partial charge < -0.3 is 9.53 Å². The van der Waals surface area contributed by atoms with Crippen LogP contribution in [0.4, 0.5) is 0 Å². The van der Waals surface area contributed by atoms with E-state index >= 15 is 0 Å². The van der Waals surface area contributed by atoms with E-state index < -0.39 is 5.97 Å². The Hall–Kier alpha value is -1.19. The SMILES string of the molecule is COC(=O)CC(=O)CCCCCCC(C)=O. The molecule has 0 bridgehead atoms. The summed E-state index contributed by atoms with van der Waals surface area (Å²) < 4.78 is 4.39. The van der Waals surface area contributed by atoms with Crippen LogP contribution in [0.5, 0.6) is 0 Å². The Labute approximate surface area is 96.4 Å². The van der Waals surface area contributed by atoms with Crippen molar-refractivity contribution >= 4 is 17.5 Å². The van der Waals surface area contributed by atoms with E-state index in [9.17, 15) is 14.4 Å². The summed E-state index contributed by atoms with van der Waals surface area (Å²) in [5.74, 6) is -0.332. The summed E-state index contributed by atoms with van der Waals surface area (Å²) in [6.07, 6.45) is 4.49. The van der Waals surface area contributed by atoms with Crippen molar-refractivity contribution in [1.82, 2.24) is 0 Å². The maximum Gasteiger partial charge on any atom is 0.313 e. The third-order valence-corrected chi connectivity index (χ3v) is 2.30. The molecule has 0 aliphatic rings. The molecule has 0 aliphatic carbocycles. The number of carbonyl (C=O) groups excluding carboxylic acids is 3. The first-order valence-electron chi connectivity index (χ1n) is 5.64. The van der Waals surface area contributed by atoms with Gasteiger partial charge in [-0.3, -0.25) is 9.59 Å². The van der Waals surface area contributed by atoms with Gasteiger partial charge in [0, 0.05) is 12.8 Å². The van der Waals surface area contributed by atoms with E-state index in [1.165, 1.54) is 7.11 Å². The van der Waals surface area contributed by atoms with Crippen molar-refractivity contribution in [2.45, 2.75) is 51.9 Å². The number of methoxy groups -OCH3 is 1. The first-order chi connectivity index (χ1) is 7.56.